The van der Waals surface area contributed by atoms with Gasteiger partial charge >= 0.3 is 0 Å². The molecule has 0 amide bonds. The molecule has 3 atom stereocenters. The van der Waals surface area contributed by atoms with Crippen molar-refractivity contribution in [2.45, 2.75) is 58.4 Å². The Hall–Kier alpha value is -0.900. The number of hydrogen-bond acceptors (Lipinski definition) is 4. The standard InChI is InChI=1S/C13H23N3O/c1-6-10(14-5)8(2)12-15-11(16-17-12)9-7-13(9,3)4/h8-10,14H,6-7H2,1-5H3. The molecule has 0 aromatic carbocycles. The van der Waals surface area contributed by atoms with Crippen LogP contribution in [0, 0.1) is 5.41 Å². The van der Waals surface area contributed by atoms with E-state index in [9.17, 15) is 0 Å². The van der Waals surface area contributed by atoms with Crippen LogP contribution in [0.5, 0.6) is 0 Å². The molecule has 4 nitrogen and oxygen atoms in total. The maximum atomic E-state index is 5.40. The van der Waals surface area contributed by atoms with Crippen LogP contribution in [0.15, 0.2) is 4.52 Å². The van der Waals surface area contributed by atoms with Gasteiger partial charge < -0.3 is 9.84 Å². The fourth-order valence-corrected chi connectivity index (χ4v) is 2.46. The number of nitrogens with zero attached hydrogens (tertiary/aromatic N) is 2. The molecule has 0 aliphatic heterocycles. The maximum Gasteiger partial charge on any atom is 0.231 e. The molecule has 0 radical (unpaired) electrons. The molecule has 0 saturated heterocycles. The van der Waals surface area contributed by atoms with Gasteiger partial charge in [0.2, 0.25) is 5.89 Å². The van der Waals surface area contributed by atoms with Crippen LogP contribution in [-0.2, 0) is 0 Å². The van der Waals surface area contributed by atoms with E-state index in [1.165, 1.54) is 6.42 Å². The summed E-state index contributed by atoms with van der Waals surface area (Å²) >= 11 is 0. The zero-order chi connectivity index (χ0) is 12.6. The van der Waals surface area contributed by atoms with E-state index in [4.69, 9.17) is 4.52 Å². The van der Waals surface area contributed by atoms with Crippen LogP contribution in [0.1, 0.15) is 64.1 Å². The predicted molar refractivity (Wildman–Crippen MR) is 67.0 cm³/mol. The fraction of sp³-hybridized carbons (Fsp3) is 0.846. The van der Waals surface area contributed by atoms with E-state index in [-0.39, 0.29) is 5.92 Å². The van der Waals surface area contributed by atoms with Crippen LogP contribution < -0.4 is 5.32 Å². The van der Waals surface area contributed by atoms with Gasteiger partial charge in [0, 0.05) is 12.0 Å². The van der Waals surface area contributed by atoms with Crippen molar-refractivity contribution in [1.82, 2.24) is 15.5 Å². The summed E-state index contributed by atoms with van der Waals surface area (Å²) in [5.74, 6) is 2.42. The van der Waals surface area contributed by atoms with Crippen molar-refractivity contribution >= 4 is 0 Å². The third kappa shape index (κ3) is 2.37. The van der Waals surface area contributed by atoms with Gasteiger partial charge in [0.1, 0.15) is 0 Å². The number of rotatable bonds is 5. The van der Waals surface area contributed by atoms with Crippen molar-refractivity contribution in [3.63, 3.8) is 0 Å². The molecule has 1 aliphatic rings. The summed E-state index contributed by atoms with van der Waals surface area (Å²) in [5.41, 5.74) is 0.359. The van der Waals surface area contributed by atoms with Crippen LogP contribution in [-0.4, -0.2) is 23.2 Å². The SMILES string of the molecule is CCC(NC)C(C)c1nc(C2CC2(C)C)no1. The second kappa shape index (κ2) is 4.41. The van der Waals surface area contributed by atoms with Gasteiger partial charge in [0.25, 0.3) is 0 Å². The molecule has 17 heavy (non-hydrogen) atoms. The summed E-state index contributed by atoms with van der Waals surface area (Å²) in [5, 5.41) is 7.42. The minimum atomic E-state index is 0.271. The van der Waals surface area contributed by atoms with E-state index < -0.39 is 0 Å². The van der Waals surface area contributed by atoms with E-state index in [0.717, 1.165) is 18.1 Å². The highest BCUT2D eigenvalue weighted by Crippen LogP contribution is 2.57. The number of likely N-dealkylation sites (N-methyl/N-ethyl adjacent to an activating group) is 1. The van der Waals surface area contributed by atoms with E-state index in [2.05, 4.69) is 43.2 Å². The van der Waals surface area contributed by atoms with Crippen molar-refractivity contribution in [3.05, 3.63) is 11.7 Å². The van der Waals surface area contributed by atoms with Crippen LogP contribution in [0.2, 0.25) is 0 Å². The summed E-state index contributed by atoms with van der Waals surface area (Å²) in [7, 11) is 1.98. The number of aromatic nitrogens is 2. The average molecular weight is 237 g/mol. The van der Waals surface area contributed by atoms with Gasteiger partial charge in [-0.2, -0.15) is 4.98 Å². The average Bonchev–Trinajstić information content (AvgIpc) is 2.76. The Labute approximate surface area is 103 Å². The lowest BCUT2D eigenvalue weighted by molar-refractivity contribution is 0.323. The zero-order valence-electron chi connectivity index (χ0n) is 11.4. The molecule has 3 unspecified atom stereocenters. The van der Waals surface area contributed by atoms with Crippen LogP contribution in [0.25, 0.3) is 0 Å². The van der Waals surface area contributed by atoms with Gasteiger partial charge in [-0.25, -0.2) is 0 Å². The Balaban J connectivity index is 2.08. The lowest BCUT2D eigenvalue weighted by atomic mass is 10.00. The van der Waals surface area contributed by atoms with Crippen molar-refractivity contribution in [2.24, 2.45) is 5.41 Å². The molecule has 0 bridgehead atoms. The highest BCUT2D eigenvalue weighted by Gasteiger charge is 2.49. The Morgan fingerprint density at radius 2 is 2.18 bits per heavy atom. The van der Waals surface area contributed by atoms with Gasteiger partial charge in [-0.3, -0.25) is 0 Å². The Bertz CT molecular complexity index is 382. The van der Waals surface area contributed by atoms with Crippen LogP contribution in [0.4, 0.5) is 0 Å². The first-order valence-electron chi connectivity index (χ1n) is 6.50. The van der Waals surface area contributed by atoms with Gasteiger partial charge in [0.15, 0.2) is 5.82 Å². The minimum absolute atomic E-state index is 0.271. The van der Waals surface area contributed by atoms with Crippen LogP contribution in [0.3, 0.4) is 0 Å². The molecular formula is C13H23N3O. The highest BCUT2D eigenvalue weighted by molar-refractivity contribution is 5.15. The topological polar surface area (TPSA) is 51.0 Å². The molecule has 0 spiro atoms. The largest absolute Gasteiger partial charge is 0.339 e. The Morgan fingerprint density at radius 3 is 2.65 bits per heavy atom. The minimum Gasteiger partial charge on any atom is -0.339 e. The van der Waals surface area contributed by atoms with E-state index in [1.54, 1.807) is 0 Å². The Kier molecular flexibility index (Phi) is 3.25. The smallest absolute Gasteiger partial charge is 0.231 e. The predicted octanol–water partition coefficient (Wildman–Crippen LogP) is 2.68. The number of nitrogens with one attached hydrogen (secondary N) is 1. The lowest BCUT2D eigenvalue weighted by Crippen LogP contribution is -2.30. The van der Waals surface area contributed by atoms with Crippen molar-refractivity contribution < 1.29 is 4.52 Å². The van der Waals surface area contributed by atoms with Gasteiger partial charge in [-0.1, -0.05) is 32.9 Å². The van der Waals surface area contributed by atoms with E-state index in [1.807, 2.05) is 7.05 Å². The number of hydrogen-bond donors (Lipinski definition) is 1. The Morgan fingerprint density at radius 1 is 1.53 bits per heavy atom. The summed E-state index contributed by atoms with van der Waals surface area (Å²) in [6.45, 7) is 8.80. The zero-order valence-corrected chi connectivity index (χ0v) is 11.4. The molecule has 1 aliphatic carbocycles. The second-order valence-corrected chi connectivity index (χ2v) is 5.83. The molecule has 2 rings (SSSR count). The highest BCUT2D eigenvalue weighted by atomic mass is 16.5. The summed E-state index contributed by atoms with van der Waals surface area (Å²) in [4.78, 5) is 4.57. The van der Waals surface area contributed by atoms with Gasteiger partial charge in [-0.05, 0) is 25.3 Å². The molecule has 1 aromatic heterocycles. The lowest BCUT2D eigenvalue weighted by Gasteiger charge is -2.18. The first kappa shape index (κ1) is 12.6. The van der Waals surface area contributed by atoms with Crippen molar-refractivity contribution in [2.75, 3.05) is 7.05 Å². The molecule has 1 saturated carbocycles. The normalized spacial score (nSPS) is 25.6. The second-order valence-electron chi connectivity index (χ2n) is 5.83. The van der Waals surface area contributed by atoms with Crippen LogP contribution >= 0.6 is 0 Å². The summed E-state index contributed by atoms with van der Waals surface area (Å²) < 4.78 is 5.40. The van der Waals surface area contributed by atoms with Crippen molar-refractivity contribution in [3.8, 4) is 0 Å². The van der Waals surface area contributed by atoms with Gasteiger partial charge in [-0.15, -0.1) is 0 Å². The first-order valence-corrected chi connectivity index (χ1v) is 6.50. The maximum absolute atomic E-state index is 5.40. The van der Waals surface area contributed by atoms with E-state index >= 15 is 0 Å². The quantitative estimate of drug-likeness (QED) is 0.855. The monoisotopic (exact) mass is 237 g/mol. The van der Waals surface area contributed by atoms with Crippen molar-refractivity contribution in [1.29, 1.82) is 0 Å². The van der Waals surface area contributed by atoms with Gasteiger partial charge in [0.05, 0.1) is 5.92 Å². The fourth-order valence-electron chi connectivity index (χ4n) is 2.46. The molecule has 1 fully saturated rings. The molecule has 4 heteroatoms. The molecule has 1 aromatic rings. The summed E-state index contributed by atoms with van der Waals surface area (Å²) in [6, 6.07) is 0.399. The molecular weight excluding hydrogens is 214 g/mol. The molecule has 1 N–H and O–H groups in total. The summed E-state index contributed by atoms with van der Waals surface area (Å²) in [6.07, 6.45) is 2.23. The third-order valence-corrected chi connectivity index (χ3v) is 4.09. The van der Waals surface area contributed by atoms with E-state index in [0.29, 0.717) is 17.4 Å². The third-order valence-electron chi connectivity index (χ3n) is 4.09. The first-order chi connectivity index (χ1) is 7.99. The molecule has 1 heterocycles. The molecule has 96 valence electrons.